The number of hydrogen-bond donors (Lipinski definition) is 3. The van der Waals surface area contributed by atoms with Crippen LogP contribution in [0.3, 0.4) is 0 Å². The number of nitrogens with one attached hydrogen (secondary N) is 3. The molecule has 15 heavy (non-hydrogen) atoms. The van der Waals surface area contributed by atoms with Crippen molar-refractivity contribution < 1.29 is 0 Å². The van der Waals surface area contributed by atoms with E-state index < -0.39 is 0 Å². The van der Waals surface area contributed by atoms with Crippen molar-refractivity contribution in [3.05, 3.63) is 12.2 Å². The number of aromatic amines is 1. The van der Waals surface area contributed by atoms with Crippen LogP contribution in [-0.4, -0.2) is 41.4 Å². The van der Waals surface area contributed by atoms with Gasteiger partial charge in [-0.25, -0.2) is 4.98 Å². The fourth-order valence-corrected chi connectivity index (χ4v) is 1.95. The molecule has 0 unspecified atom stereocenters. The van der Waals surface area contributed by atoms with E-state index in [2.05, 4.69) is 25.8 Å². The lowest BCUT2D eigenvalue weighted by molar-refractivity contribution is 0.357. The summed E-state index contributed by atoms with van der Waals surface area (Å²) in [5, 5.41) is 13.5. The summed E-state index contributed by atoms with van der Waals surface area (Å²) in [6, 6.07) is 0. The van der Waals surface area contributed by atoms with Gasteiger partial charge in [0.2, 0.25) is 0 Å². The predicted octanol–water partition coefficient (Wildman–Crippen LogP) is -0.0636. The van der Waals surface area contributed by atoms with Gasteiger partial charge in [-0.3, -0.25) is 5.10 Å². The van der Waals surface area contributed by atoms with E-state index in [1.165, 1.54) is 25.9 Å². The molecule has 2 rings (SSSR count). The van der Waals surface area contributed by atoms with Gasteiger partial charge < -0.3 is 10.6 Å². The summed E-state index contributed by atoms with van der Waals surface area (Å²) < 4.78 is 0. The zero-order valence-electron chi connectivity index (χ0n) is 9.00. The summed E-state index contributed by atoms with van der Waals surface area (Å²) in [4.78, 5) is 4.08. The predicted molar refractivity (Wildman–Crippen MR) is 58.6 cm³/mol. The molecular weight excluding hydrogens is 190 g/mol. The molecule has 1 fully saturated rings. The molecule has 1 aromatic heterocycles. The van der Waals surface area contributed by atoms with Crippen LogP contribution in [-0.2, 0) is 6.42 Å². The molecule has 0 aliphatic carbocycles. The largest absolute Gasteiger partial charge is 0.317 e. The molecule has 3 N–H and O–H groups in total. The molecule has 5 heteroatoms. The van der Waals surface area contributed by atoms with Gasteiger partial charge >= 0.3 is 0 Å². The first kappa shape index (κ1) is 10.6. The maximum absolute atomic E-state index is 4.08. The summed E-state index contributed by atoms with van der Waals surface area (Å²) in [5.74, 6) is 1.81. The minimum Gasteiger partial charge on any atom is -0.317 e. The van der Waals surface area contributed by atoms with Gasteiger partial charge in [0.15, 0.2) is 0 Å². The summed E-state index contributed by atoms with van der Waals surface area (Å²) in [6.07, 6.45) is 5.09. The molecule has 84 valence electrons. The van der Waals surface area contributed by atoms with E-state index in [0.29, 0.717) is 0 Å². The van der Waals surface area contributed by atoms with Gasteiger partial charge in [0.25, 0.3) is 0 Å². The average molecular weight is 209 g/mol. The maximum Gasteiger partial charge on any atom is 0.137 e. The van der Waals surface area contributed by atoms with Crippen LogP contribution in [0.2, 0.25) is 0 Å². The Labute approximate surface area is 90.1 Å². The van der Waals surface area contributed by atoms with Crippen LogP contribution in [0.25, 0.3) is 0 Å². The van der Waals surface area contributed by atoms with Crippen molar-refractivity contribution >= 4 is 0 Å². The fraction of sp³-hybridized carbons (Fsp3) is 0.800. The third kappa shape index (κ3) is 3.60. The molecule has 1 aliphatic heterocycles. The Balaban J connectivity index is 1.54. The number of H-pyrrole nitrogens is 1. The topological polar surface area (TPSA) is 65.6 Å². The molecule has 5 nitrogen and oxygen atoms in total. The van der Waals surface area contributed by atoms with Crippen molar-refractivity contribution in [1.82, 2.24) is 25.8 Å². The highest BCUT2D eigenvalue weighted by atomic mass is 15.2. The molecule has 0 spiro atoms. The molecule has 0 aromatic carbocycles. The average Bonchev–Trinajstić information content (AvgIpc) is 2.79. The van der Waals surface area contributed by atoms with Gasteiger partial charge in [0.05, 0.1) is 0 Å². The Bertz CT molecular complexity index is 253. The first-order valence-corrected chi connectivity index (χ1v) is 5.71. The zero-order chi connectivity index (χ0) is 10.3. The summed E-state index contributed by atoms with van der Waals surface area (Å²) in [5.41, 5.74) is 0. The third-order valence-electron chi connectivity index (χ3n) is 2.90. The lowest BCUT2D eigenvalue weighted by Crippen LogP contribution is -2.34. The summed E-state index contributed by atoms with van der Waals surface area (Å²) >= 11 is 0. The van der Waals surface area contributed by atoms with E-state index in [9.17, 15) is 0 Å². The van der Waals surface area contributed by atoms with Crippen LogP contribution >= 0.6 is 0 Å². The van der Waals surface area contributed by atoms with Crippen molar-refractivity contribution in [2.75, 3.05) is 26.2 Å². The number of nitrogens with zero attached hydrogens (tertiary/aromatic N) is 2. The van der Waals surface area contributed by atoms with Gasteiger partial charge in [-0.1, -0.05) is 0 Å². The molecule has 1 aliphatic rings. The summed E-state index contributed by atoms with van der Waals surface area (Å²) in [7, 11) is 0. The van der Waals surface area contributed by atoms with Crippen LogP contribution < -0.4 is 10.6 Å². The fourth-order valence-electron chi connectivity index (χ4n) is 1.95. The van der Waals surface area contributed by atoms with Gasteiger partial charge in [0.1, 0.15) is 12.2 Å². The van der Waals surface area contributed by atoms with Crippen molar-refractivity contribution in [2.45, 2.75) is 19.3 Å². The molecule has 0 atom stereocenters. The van der Waals surface area contributed by atoms with Gasteiger partial charge in [-0.2, -0.15) is 5.10 Å². The molecular formula is C10H19N5. The molecule has 1 saturated heterocycles. The minimum atomic E-state index is 0.848. The van der Waals surface area contributed by atoms with Gasteiger partial charge in [0, 0.05) is 13.0 Å². The second-order valence-corrected chi connectivity index (χ2v) is 4.08. The second-order valence-electron chi connectivity index (χ2n) is 4.08. The van der Waals surface area contributed by atoms with Crippen LogP contribution in [0.1, 0.15) is 18.7 Å². The Kier molecular flexibility index (Phi) is 4.11. The zero-order valence-corrected chi connectivity index (χ0v) is 9.00. The minimum absolute atomic E-state index is 0.848. The van der Waals surface area contributed by atoms with E-state index in [-0.39, 0.29) is 0 Å². The van der Waals surface area contributed by atoms with Crippen molar-refractivity contribution in [3.8, 4) is 0 Å². The molecule has 1 aromatic rings. The SMILES string of the molecule is c1n[nH]c(CCNCC2CCNCC2)n1. The Morgan fingerprint density at radius 1 is 1.40 bits per heavy atom. The molecule has 0 amide bonds. The number of hydrogen-bond acceptors (Lipinski definition) is 4. The summed E-state index contributed by atoms with van der Waals surface area (Å²) in [6.45, 7) is 4.47. The molecule has 0 saturated carbocycles. The Morgan fingerprint density at radius 2 is 2.27 bits per heavy atom. The van der Waals surface area contributed by atoms with Crippen molar-refractivity contribution in [2.24, 2.45) is 5.92 Å². The highest BCUT2D eigenvalue weighted by Gasteiger charge is 2.11. The smallest absolute Gasteiger partial charge is 0.137 e. The Hall–Kier alpha value is -0.940. The van der Waals surface area contributed by atoms with Gasteiger partial charge in [-0.15, -0.1) is 0 Å². The molecule has 0 bridgehead atoms. The van der Waals surface area contributed by atoms with Gasteiger partial charge in [-0.05, 0) is 38.4 Å². The third-order valence-corrected chi connectivity index (χ3v) is 2.90. The quantitative estimate of drug-likeness (QED) is 0.594. The monoisotopic (exact) mass is 209 g/mol. The number of rotatable bonds is 5. The van der Waals surface area contributed by atoms with E-state index in [1.54, 1.807) is 6.33 Å². The highest BCUT2D eigenvalue weighted by molar-refractivity contribution is 4.81. The van der Waals surface area contributed by atoms with Crippen molar-refractivity contribution in [1.29, 1.82) is 0 Å². The first-order valence-electron chi connectivity index (χ1n) is 5.71. The maximum atomic E-state index is 4.08. The Morgan fingerprint density at radius 3 is 3.00 bits per heavy atom. The van der Waals surface area contributed by atoms with E-state index in [4.69, 9.17) is 0 Å². The van der Waals surface area contributed by atoms with E-state index >= 15 is 0 Å². The highest BCUT2D eigenvalue weighted by Crippen LogP contribution is 2.09. The lowest BCUT2D eigenvalue weighted by Gasteiger charge is -2.22. The van der Waals surface area contributed by atoms with Crippen LogP contribution in [0.4, 0.5) is 0 Å². The van der Waals surface area contributed by atoms with Crippen LogP contribution in [0.5, 0.6) is 0 Å². The van der Waals surface area contributed by atoms with Crippen LogP contribution in [0, 0.1) is 5.92 Å². The normalized spacial score (nSPS) is 18.1. The standard InChI is InChI=1S/C10H19N5/c1-4-11-5-2-9(1)7-12-6-3-10-13-8-14-15-10/h8-9,11-12H,1-7H2,(H,13,14,15). The van der Waals surface area contributed by atoms with E-state index in [0.717, 1.165) is 31.3 Å². The lowest BCUT2D eigenvalue weighted by atomic mass is 9.98. The van der Waals surface area contributed by atoms with E-state index in [1.807, 2.05) is 0 Å². The second kappa shape index (κ2) is 5.82. The number of aromatic nitrogens is 3. The number of piperidine rings is 1. The molecule has 0 radical (unpaired) electrons. The van der Waals surface area contributed by atoms with Crippen LogP contribution in [0.15, 0.2) is 6.33 Å². The van der Waals surface area contributed by atoms with Crippen molar-refractivity contribution in [3.63, 3.8) is 0 Å². The molecule has 2 heterocycles. The first-order chi connectivity index (χ1) is 7.45.